The third-order valence-electron chi connectivity index (χ3n) is 4.20. The van der Waals surface area contributed by atoms with Crippen LogP contribution in [0.15, 0.2) is 0 Å². The highest BCUT2D eigenvalue weighted by atomic mass is 32.2. The number of rotatable bonds is 3. The van der Waals surface area contributed by atoms with Gasteiger partial charge in [-0.3, -0.25) is 9.80 Å². The molecule has 0 aromatic rings. The van der Waals surface area contributed by atoms with Gasteiger partial charge < -0.3 is 0 Å². The molecule has 2 unspecified atom stereocenters. The van der Waals surface area contributed by atoms with E-state index in [1.165, 1.54) is 39.0 Å². The first kappa shape index (κ1) is 12.7. The molecule has 2 heterocycles. The second-order valence-corrected chi connectivity index (χ2v) is 7.55. The van der Waals surface area contributed by atoms with Crippen molar-refractivity contribution < 1.29 is 0 Å². The number of hydrogen-bond acceptors (Lipinski definition) is 3. The first-order valence-electron chi connectivity index (χ1n) is 6.55. The Morgan fingerprint density at radius 3 is 2.75 bits per heavy atom. The molecule has 0 radical (unpaired) electrons. The van der Waals surface area contributed by atoms with Gasteiger partial charge in [0.1, 0.15) is 0 Å². The maximum absolute atomic E-state index is 2.71. The van der Waals surface area contributed by atoms with Crippen LogP contribution in [0.2, 0.25) is 0 Å². The highest BCUT2D eigenvalue weighted by Gasteiger charge is 2.36. The van der Waals surface area contributed by atoms with E-state index in [0.717, 1.165) is 12.1 Å². The van der Waals surface area contributed by atoms with Crippen LogP contribution in [0.3, 0.4) is 0 Å². The fraction of sp³-hybridized carbons (Fsp3) is 1.00. The van der Waals surface area contributed by atoms with Crippen LogP contribution in [0.5, 0.6) is 0 Å². The van der Waals surface area contributed by atoms with Crippen molar-refractivity contribution in [2.45, 2.75) is 50.4 Å². The minimum absolute atomic E-state index is 0.398. The maximum Gasteiger partial charge on any atom is 0.0228 e. The third-order valence-corrected chi connectivity index (χ3v) is 5.44. The van der Waals surface area contributed by atoms with Gasteiger partial charge >= 0.3 is 0 Å². The van der Waals surface area contributed by atoms with Gasteiger partial charge in [0.15, 0.2) is 0 Å². The van der Waals surface area contributed by atoms with Gasteiger partial charge in [0, 0.05) is 36.5 Å². The molecule has 0 bridgehead atoms. The summed E-state index contributed by atoms with van der Waals surface area (Å²) < 4.78 is 0.398. The molecule has 94 valence electrons. The predicted octanol–water partition coefficient (Wildman–Crippen LogP) is 2.30. The Bertz CT molecular complexity index is 242. The molecular formula is C13H26N2S. The van der Waals surface area contributed by atoms with E-state index in [4.69, 9.17) is 0 Å². The van der Waals surface area contributed by atoms with Gasteiger partial charge in [-0.15, -0.1) is 0 Å². The van der Waals surface area contributed by atoms with E-state index in [0.29, 0.717) is 4.75 Å². The predicted molar refractivity (Wildman–Crippen MR) is 73.2 cm³/mol. The van der Waals surface area contributed by atoms with E-state index < -0.39 is 0 Å². The number of hydrogen-bond donors (Lipinski definition) is 0. The third kappa shape index (κ3) is 2.74. The van der Waals surface area contributed by atoms with Gasteiger partial charge in [0.05, 0.1) is 0 Å². The summed E-state index contributed by atoms with van der Waals surface area (Å²) in [6, 6.07) is 1.59. The molecule has 2 aliphatic rings. The van der Waals surface area contributed by atoms with Gasteiger partial charge in [-0.2, -0.15) is 11.8 Å². The van der Waals surface area contributed by atoms with Gasteiger partial charge in [0.25, 0.3) is 0 Å². The molecule has 0 aromatic carbocycles. The van der Waals surface area contributed by atoms with E-state index in [1.54, 1.807) is 0 Å². The summed E-state index contributed by atoms with van der Waals surface area (Å²) in [6.45, 7) is 12.3. The van der Waals surface area contributed by atoms with Crippen LogP contribution in [0.25, 0.3) is 0 Å². The lowest BCUT2D eigenvalue weighted by Gasteiger charge is -2.45. The molecule has 2 fully saturated rings. The van der Waals surface area contributed by atoms with Crippen molar-refractivity contribution in [3.8, 4) is 0 Å². The summed E-state index contributed by atoms with van der Waals surface area (Å²) >= 11 is 1.99. The monoisotopic (exact) mass is 242 g/mol. The fourth-order valence-electron chi connectivity index (χ4n) is 3.02. The summed E-state index contributed by atoms with van der Waals surface area (Å²) in [5, 5.41) is 0. The Kier molecular flexibility index (Phi) is 3.87. The van der Waals surface area contributed by atoms with Crippen LogP contribution in [-0.2, 0) is 0 Å². The summed E-state index contributed by atoms with van der Waals surface area (Å²) in [5.41, 5.74) is 0. The molecule has 2 saturated heterocycles. The summed E-state index contributed by atoms with van der Waals surface area (Å²) in [4.78, 5) is 5.41. The zero-order valence-corrected chi connectivity index (χ0v) is 12.0. The molecule has 0 saturated carbocycles. The van der Waals surface area contributed by atoms with Gasteiger partial charge in [-0.05, 0) is 46.4 Å². The SMILES string of the molecule is CSC(C)(C)CN1CC2CCCN2CC1C. The van der Waals surface area contributed by atoms with E-state index in [2.05, 4.69) is 36.8 Å². The Morgan fingerprint density at radius 1 is 1.31 bits per heavy atom. The Hall–Kier alpha value is 0.270. The first-order valence-corrected chi connectivity index (χ1v) is 7.77. The lowest BCUT2D eigenvalue weighted by molar-refractivity contribution is 0.0549. The average Bonchev–Trinajstić information content (AvgIpc) is 2.65. The van der Waals surface area contributed by atoms with E-state index >= 15 is 0 Å². The molecule has 0 spiro atoms. The highest BCUT2D eigenvalue weighted by molar-refractivity contribution is 7.99. The Labute approximate surface area is 105 Å². The number of fused-ring (bicyclic) bond motifs is 1. The van der Waals surface area contributed by atoms with E-state index in [-0.39, 0.29) is 0 Å². The van der Waals surface area contributed by atoms with E-state index in [9.17, 15) is 0 Å². The van der Waals surface area contributed by atoms with Crippen LogP contribution in [0, 0.1) is 0 Å². The maximum atomic E-state index is 2.71. The Balaban J connectivity index is 1.94. The highest BCUT2D eigenvalue weighted by Crippen LogP contribution is 2.28. The molecular weight excluding hydrogens is 216 g/mol. The minimum Gasteiger partial charge on any atom is -0.298 e. The second kappa shape index (κ2) is 4.87. The molecule has 2 aliphatic heterocycles. The van der Waals surface area contributed by atoms with Gasteiger partial charge in [0.2, 0.25) is 0 Å². The molecule has 0 amide bonds. The summed E-state index contributed by atoms with van der Waals surface area (Å²) in [7, 11) is 0. The Morgan fingerprint density at radius 2 is 2.06 bits per heavy atom. The topological polar surface area (TPSA) is 6.48 Å². The van der Waals surface area contributed by atoms with Crippen LogP contribution in [0.1, 0.15) is 33.6 Å². The number of nitrogens with zero attached hydrogens (tertiary/aromatic N) is 2. The first-order chi connectivity index (χ1) is 7.52. The normalized spacial score (nSPS) is 33.0. The molecule has 16 heavy (non-hydrogen) atoms. The zero-order chi connectivity index (χ0) is 11.8. The summed E-state index contributed by atoms with van der Waals surface area (Å²) in [5.74, 6) is 0. The quantitative estimate of drug-likeness (QED) is 0.750. The van der Waals surface area contributed by atoms with Crippen LogP contribution in [0.4, 0.5) is 0 Å². The zero-order valence-electron chi connectivity index (χ0n) is 11.2. The van der Waals surface area contributed by atoms with Crippen molar-refractivity contribution in [2.24, 2.45) is 0 Å². The standard InChI is InChI=1S/C13H26N2S/c1-11-8-14-7-5-6-12(14)9-15(11)10-13(2,3)16-4/h11-12H,5-10H2,1-4H3. The van der Waals surface area contributed by atoms with Crippen molar-refractivity contribution in [1.82, 2.24) is 9.80 Å². The fourth-order valence-corrected chi connectivity index (χ4v) is 3.32. The molecule has 0 aromatic heterocycles. The molecule has 2 rings (SSSR count). The van der Waals surface area contributed by atoms with Crippen LogP contribution < -0.4 is 0 Å². The van der Waals surface area contributed by atoms with Gasteiger partial charge in [-0.1, -0.05) is 0 Å². The summed E-state index contributed by atoms with van der Waals surface area (Å²) in [6.07, 6.45) is 5.07. The van der Waals surface area contributed by atoms with Gasteiger partial charge in [-0.25, -0.2) is 0 Å². The molecule has 2 atom stereocenters. The number of piperazine rings is 1. The van der Waals surface area contributed by atoms with Crippen LogP contribution >= 0.6 is 11.8 Å². The smallest absolute Gasteiger partial charge is 0.0228 e. The minimum atomic E-state index is 0.398. The van der Waals surface area contributed by atoms with Crippen molar-refractivity contribution in [1.29, 1.82) is 0 Å². The van der Waals surface area contributed by atoms with Crippen molar-refractivity contribution in [2.75, 3.05) is 32.4 Å². The van der Waals surface area contributed by atoms with Crippen molar-refractivity contribution in [3.63, 3.8) is 0 Å². The second-order valence-electron chi connectivity index (χ2n) is 6.03. The van der Waals surface area contributed by atoms with Crippen molar-refractivity contribution in [3.05, 3.63) is 0 Å². The average molecular weight is 242 g/mol. The largest absolute Gasteiger partial charge is 0.298 e. The number of thioether (sulfide) groups is 1. The lowest BCUT2D eigenvalue weighted by atomic mass is 10.1. The lowest BCUT2D eigenvalue weighted by Crippen LogP contribution is -2.57. The van der Waals surface area contributed by atoms with Crippen LogP contribution in [-0.4, -0.2) is 59.1 Å². The molecule has 2 nitrogen and oxygen atoms in total. The van der Waals surface area contributed by atoms with Crippen molar-refractivity contribution >= 4 is 11.8 Å². The van der Waals surface area contributed by atoms with E-state index in [1.807, 2.05) is 11.8 Å². The molecule has 3 heteroatoms. The molecule has 0 aliphatic carbocycles. The molecule has 0 N–H and O–H groups in total.